The van der Waals surface area contributed by atoms with Crippen LogP contribution in [0.4, 0.5) is 4.39 Å². The highest BCUT2D eigenvalue weighted by molar-refractivity contribution is 9.10. The Balaban J connectivity index is 1.70. The van der Waals surface area contributed by atoms with Crippen LogP contribution in [-0.2, 0) is 16.0 Å². The smallest absolute Gasteiger partial charge is 0.308 e. The molecular weight excluding hydrogens is 353 g/mol. The molecule has 118 valence electrons. The standard InChI is InChI=1S/C16H17BrFNO3/c17-14-4-3-11(18)5-10(14)6-15(20)19-7-12(9-1-2-9)13(8-19)16(21)22/h3-5,9,12-13H,1-2,6-8H2,(H,21,22)/t12-,13+/m1/s1. The number of rotatable bonds is 4. The van der Waals surface area contributed by atoms with E-state index in [1.807, 2.05) is 0 Å². The summed E-state index contributed by atoms with van der Waals surface area (Å²) in [6.45, 7) is 0.773. The van der Waals surface area contributed by atoms with Gasteiger partial charge in [0.2, 0.25) is 5.91 Å². The third-order valence-corrected chi connectivity index (χ3v) is 5.39. The largest absolute Gasteiger partial charge is 0.481 e. The van der Waals surface area contributed by atoms with Crippen LogP contribution in [0, 0.1) is 23.6 Å². The summed E-state index contributed by atoms with van der Waals surface area (Å²) in [4.78, 5) is 25.4. The van der Waals surface area contributed by atoms with Gasteiger partial charge in [0.25, 0.3) is 0 Å². The number of hydrogen-bond acceptors (Lipinski definition) is 2. The molecule has 3 rings (SSSR count). The third-order valence-electron chi connectivity index (χ3n) is 4.61. The first-order valence-electron chi connectivity index (χ1n) is 7.40. The zero-order valence-electron chi connectivity index (χ0n) is 12.0. The summed E-state index contributed by atoms with van der Waals surface area (Å²) in [7, 11) is 0. The fraction of sp³-hybridized carbons (Fsp3) is 0.500. The summed E-state index contributed by atoms with van der Waals surface area (Å²) in [5.74, 6) is -1.30. The third kappa shape index (κ3) is 3.16. The van der Waals surface area contributed by atoms with E-state index >= 15 is 0 Å². The second-order valence-electron chi connectivity index (χ2n) is 6.16. The number of benzene rings is 1. The molecule has 0 bridgehead atoms. The summed E-state index contributed by atoms with van der Waals surface area (Å²) >= 11 is 3.32. The molecule has 4 nitrogen and oxygen atoms in total. The Morgan fingerprint density at radius 1 is 1.32 bits per heavy atom. The number of aliphatic carboxylic acids is 1. The van der Waals surface area contributed by atoms with Crippen LogP contribution in [0.15, 0.2) is 22.7 Å². The first-order valence-corrected chi connectivity index (χ1v) is 8.19. The lowest BCUT2D eigenvalue weighted by Crippen LogP contribution is -2.31. The first-order chi connectivity index (χ1) is 10.5. The van der Waals surface area contributed by atoms with E-state index in [0.29, 0.717) is 22.5 Å². The molecule has 1 aromatic carbocycles. The number of hydrogen-bond donors (Lipinski definition) is 1. The van der Waals surface area contributed by atoms with Gasteiger partial charge < -0.3 is 10.0 Å². The van der Waals surface area contributed by atoms with Gasteiger partial charge in [-0.2, -0.15) is 0 Å². The van der Waals surface area contributed by atoms with Crippen LogP contribution >= 0.6 is 15.9 Å². The van der Waals surface area contributed by atoms with Crippen molar-refractivity contribution in [2.45, 2.75) is 19.3 Å². The lowest BCUT2D eigenvalue weighted by Gasteiger charge is -2.17. The molecule has 1 aromatic rings. The Kier molecular flexibility index (Phi) is 4.21. The van der Waals surface area contributed by atoms with E-state index < -0.39 is 11.9 Å². The molecule has 1 amide bonds. The number of halogens is 2. The van der Waals surface area contributed by atoms with Crippen molar-refractivity contribution < 1.29 is 19.1 Å². The zero-order valence-corrected chi connectivity index (χ0v) is 13.6. The Morgan fingerprint density at radius 2 is 2.05 bits per heavy atom. The lowest BCUT2D eigenvalue weighted by molar-refractivity contribution is -0.142. The topological polar surface area (TPSA) is 57.6 Å². The maximum Gasteiger partial charge on any atom is 0.308 e. The van der Waals surface area contributed by atoms with Crippen molar-refractivity contribution in [1.29, 1.82) is 0 Å². The highest BCUT2D eigenvalue weighted by Crippen LogP contribution is 2.44. The van der Waals surface area contributed by atoms with Crippen LogP contribution in [0.3, 0.4) is 0 Å². The number of nitrogens with zero attached hydrogens (tertiary/aromatic N) is 1. The average molecular weight is 370 g/mol. The second-order valence-corrected chi connectivity index (χ2v) is 7.01. The molecule has 0 radical (unpaired) electrons. The van der Waals surface area contributed by atoms with Gasteiger partial charge in [-0.15, -0.1) is 0 Å². The molecule has 2 atom stereocenters. The van der Waals surface area contributed by atoms with Crippen molar-refractivity contribution in [3.8, 4) is 0 Å². The molecule has 6 heteroatoms. The summed E-state index contributed by atoms with van der Waals surface area (Å²) in [6.07, 6.45) is 2.21. The monoisotopic (exact) mass is 369 g/mol. The maximum atomic E-state index is 13.3. The van der Waals surface area contributed by atoms with Gasteiger partial charge in [-0.25, -0.2) is 4.39 Å². The zero-order chi connectivity index (χ0) is 15.9. The van der Waals surface area contributed by atoms with Gasteiger partial charge in [0.05, 0.1) is 12.3 Å². The molecule has 22 heavy (non-hydrogen) atoms. The number of carboxylic acids is 1. The Bertz CT molecular complexity index is 617. The molecular formula is C16H17BrFNO3. The van der Waals surface area contributed by atoms with Gasteiger partial charge in [0, 0.05) is 17.6 Å². The molecule has 1 N–H and O–H groups in total. The van der Waals surface area contributed by atoms with Crippen molar-refractivity contribution >= 4 is 27.8 Å². The maximum absolute atomic E-state index is 13.3. The van der Waals surface area contributed by atoms with Gasteiger partial charge >= 0.3 is 5.97 Å². The number of carboxylic acid groups (broad SMARTS) is 1. The molecule has 1 saturated carbocycles. The van der Waals surface area contributed by atoms with Gasteiger partial charge in [0.1, 0.15) is 5.82 Å². The summed E-state index contributed by atoms with van der Waals surface area (Å²) in [5, 5.41) is 9.34. The van der Waals surface area contributed by atoms with Gasteiger partial charge in [-0.05, 0) is 48.4 Å². The highest BCUT2D eigenvalue weighted by Gasteiger charge is 2.46. The van der Waals surface area contributed by atoms with Crippen LogP contribution in [0.25, 0.3) is 0 Å². The van der Waals surface area contributed by atoms with Crippen molar-refractivity contribution in [2.24, 2.45) is 17.8 Å². The molecule has 2 aliphatic rings. The molecule has 0 aromatic heterocycles. The van der Waals surface area contributed by atoms with Gasteiger partial charge in [-0.1, -0.05) is 15.9 Å². The number of likely N-dealkylation sites (tertiary alicyclic amines) is 1. The molecule has 1 saturated heterocycles. The molecule has 1 aliphatic heterocycles. The second kappa shape index (κ2) is 5.99. The van der Waals surface area contributed by atoms with Crippen LogP contribution in [0.2, 0.25) is 0 Å². The number of amides is 1. The molecule has 1 heterocycles. The first kappa shape index (κ1) is 15.5. The number of carbonyl (C=O) groups is 2. The molecule has 1 aliphatic carbocycles. The Labute approximate surface area is 136 Å². The van der Waals surface area contributed by atoms with E-state index in [2.05, 4.69) is 15.9 Å². The van der Waals surface area contributed by atoms with E-state index in [-0.39, 0.29) is 30.6 Å². The normalized spacial score (nSPS) is 24.5. The Hall–Kier alpha value is -1.43. The fourth-order valence-electron chi connectivity index (χ4n) is 3.25. The van der Waals surface area contributed by atoms with E-state index in [9.17, 15) is 19.1 Å². The molecule has 0 unspecified atom stereocenters. The fourth-order valence-corrected chi connectivity index (χ4v) is 3.64. The average Bonchev–Trinajstić information content (AvgIpc) is 3.21. The summed E-state index contributed by atoms with van der Waals surface area (Å²) in [6, 6.07) is 4.25. The predicted molar refractivity (Wildman–Crippen MR) is 81.7 cm³/mol. The van der Waals surface area contributed by atoms with Crippen LogP contribution in [0.5, 0.6) is 0 Å². The van der Waals surface area contributed by atoms with Crippen LogP contribution in [0.1, 0.15) is 18.4 Å². The van der Waals surface area contributed by atoms with Crippen LogP contribution < -0.4 is 0 Å². The van der Waals surface area contributed by atoms with Crippen molar-refractivity contribution in [3.05, 3.63) is 34.1 Å². The van der Waals surface area contributed by atoms with Gasteiger partial charge in [-0.3, -0.25) is 9.59 Å². The van der Waals surface area contributed by atoms with Crippen molar-refractivity contribution in [2.75, 3.05) is 13.1 Å². The minimum Gasteiger partial charge on any atom is -0.481 e. The van der Waals surface area contributed by atoms with E-state index in [1.165, 1.54) is 12.1 Å². The van der Waals surface area contributed by atoms with E-state index in [1.54, 1.807) is 11.0 Å². The Morgan fingerprint density at radius 3 is 2.68 bits per heavy atom. The quantitative estimate of drug-likeness (QED) is 0.887. The minimum absolute atomic E-state index is 0.0670. The van der Waals surface area contributed by atoms with E-state index in [4.69, 9.17) is 0 Å². The molecule has 0 spiro atoms. The molecule has 2 fully saturated rings. The van der Waals surface area contributed by atoms with Crippen molar-refractivity contribution in [3.63, 3.8) is 0 Å². The lowest BCUT2D eigenvalue weighted by atomic mass is 9.92. The van der Waals surface area contributed by atoms with E-state index in [0.717, 1.165) is 12.8 Å². The van der Waals surface area contributed by atoms with Crippen molar-refractivity contribution in [1.82, 2.24) is 4.90 Å². The predicted octanol–water partition coefficient (Wildman–Crippen LogP) is 2.70. The van der Waals surface area contributed by atoms with Gasteiger partial charge in [0.15, 0.2) is 0 Å². The summed E-state index contributed by atoms with van der Waals surface area (Å²) < 4.78 is 14.0. The summed E-state index contributed by atoms with van der Waals surface area (Å²) in [5.41, 5.74) is 0.590. The minimum atomic E-state index is -0.820. The SMILES string of the molecule is O=C(O)[C@H]1CN(C(=O)Cc2cc(F)ccc2Br)C[C@@H]1C1CC1. The number of carbonyl (C=O) groups excluding carboxylic acids is 1. The van der Waals surface area contributed by atoms with Crippen LogP contribution in [-0.4, -0.2) is 35.0 Å². The highest BCUT2D eigenvalue weighted by atomic mass is 79.9.